The molecule has 0 saturated heterocycles. The second-order valence-electron chi connectivity index (χ2n) is 4.69. The molecule has 1 aromatic heterocycles. The molecule has 6 heteroatoms. The number of benzene rings is 1. The number of pyridine rings is 1. The van der Waals surface area contributed by atoms with Crippen LogP contribution in [0.15, 0.2) is 18.2 Å². The van der Waals surface area contributed by atoms with E-state index >= 15 is 0 Å². The fourth-order valence-electron chi connectivity index (χ4n) is 1.99. The van der Waals surface area contributed by atoms with Crippen molar-refractivity contribution in [2.75, 3.05) is 7.05 Å². The largest absolute Gasteiger partial charge is 0.437 e. The summed E-state index contributed by atoms with van der Waals surface area (Å²) in [6.45, 7) is 4.58. The Labute approximate surface area is 139 Å². The van der Waals surface area contributed by atoms with Gasteiger partial charge in [-0.25, -0.2) is 4.98 Å². The van der Waals surface area contributed by atoms with Crippen LogP contribution >= 0.6 is 34.8 Å². The van der Waals surface area contributed by atoms with Crippen molar-refractivity contribution in [2.45, 2.75) is 20.4 Å². The zero-order chi connectivity index (χ0) is 15.6. The van der Waals surface area contributed by atoms with Gasteiger partial charge in [-0.05, 0) is 38.6 Å². The van der Waals surface area contributed by atoms with Crippen LogP contribution in [-0.4, -0.2) is 12.0 Å². The molecule has 0 aliphatic carbocycles. The van der Waals surface area contributed by atoms with Gasteiger partial charge in [-0.15, -0.1) is 0 Å². The molecule has 0 fully saturated rings. The van der Waals surface area contributed by atoms with Crippen molar-refractivity contribution in [2.24, 2.45) is 0 Å². The van der Waals surface area contributed by atoms with Gasteiger partial charge in [0.15, 0.2) is 0 Å². The van der Waals surface area contributed by atoms with Crippen LogP contribution in [0, 0.1) is 13.8 Å². The molecular formula is C15H15Cl3N2O. The van der Waals surface area contributed by atoms with E-state index in [-0.39, 0.29) is 0 Å². The highest BCUT2D eigenvalue weighted by molar-refractivity contribution is 6.43. The lowest BCUT2D eigenvalue weighted by Crippen LogP contribution is -2.09. The van der Waals surface area contributed by atoms with E-state index in [1.54, 1.807) is 12.1 Å². The van der Waals surface area contributed by atoms with E-state index in [9.17, 15) is 0 Å². The zero-order valence-corrected chi connectivity index (χ0v) is 14.2. The molecule has 0 bridgehead atoms. The Kier molecular flexibility index (Phi) is 5.33. The second-order valence-corrected chi connectivity index (χ2v) is 5.91. The first-order valence-corrected chi connectivity index (χ1v) is 7.50. The number of hydrogen-bond acceptors (Lipinski definition) is 3. The van der Waals surface area contributed by atoms with Gasteiger partial charge < -0.3 is 10.1 Å². The van der Waals surface area contributed by atoms with Gasteiger partial charge in [-0.1, -0.05) is 34.8 Å². The summed E-state index contributed by atoms with van der Waals surface area (Å²) in [5.74, 6) is 0.947. The Morgan fingerprint density at radius 1 is 1.05 bits per heavy atom. The molecule has 1 heterocycles. The summed E-state index contributed by atoms with van der Waals surface area (Å²) >= 11 is 18.1. The fourth-order valence-corrected chi connectivity index (χ4v) is 2.57. The summed E-state index contributed by atoms with van der Waals surface area (Å²) in [4.78, 5) is 4.44. The maximum atomic E-state index is 6.15. The standard InChI is InChI=1S/C15H15Cl3N2O/c1-8-4-9(2)20-15(10(8)7-19-3)21-14-6-12(17)11(16)5-13(14)18/h4-6,19H,7H2,1-3H3. The first-order valence-electron chi connectivity index (χ1n) is 6.36. The van der Waals surface area contributed by atoms with E-state index in [0.29, 0.717) is 33.2 Å². The Morgan fingerprint density at radius 2 is 1.71 bits per heavy atom. The maximum Gasteiger partial charge on any atom is 0.224 e. The lowest BCUT2D eigenvalue weighted by molar-refractivity contribution is 0.452. The summed E-state index contributed by atoms with van der Waals surface area (Å²) < 4.78 is 5.86. The van der Waals surface area contributed by atoms with Crippen LogP contribution in [-0.2, 0) is 6.54 Å². The number of nitrogens with one attached hydrogen (secondary N) is 1. The van der Waals surface area contributed by atoms with Crippen LogP contribution in [0.3, 0.4) is 0 Å². The molecule has 21 heavy (non-hydrogen) atoms. The SMILES string of the molecule is CNCc1c(C)cc(C)nc1Oc1cc(Cl)c(Cl)cc1Cl. The minimum Gasteiger partial charge on any atom is -0.437 e. The topological polar surface area (TPSA) is 34.2 Å². The smallest absolute Gasteiger partial charge is 0.224 e. The van der Waals surface area contributed by atoms with Gasteiger partial charge in [0.2, 0.25) is 5.88 Å². The Bertz CT molecular complexity index is 674. The van der Waals surface area contributed by atoms with Crippen molar-refractivity contribution in [1.82, 2.24) is 10.3 Å². The molecule has 3 nitrogen and oxygen atoms in total. The molecule has 0 atom stereocenters. The molecule has 2 rings (SSSR count). The van der Waals surface area contributed by atoms with Crippen molar-refractivity contribution in [1.29, 1.82) is 0 Å². The van der Waals surface area contributed by atoms with Crippen molar-refractivity contribution in [3.05, 3.63) is 50.1 Å². The minimum atomic E-state index is 0.385. The van der Waals surface area contributed by atoms with Crippen LogP contribution in [0.1, 0.15) is 16.8 Å². The van der Waals surface area contributed by atoms with E-state index in [1.165, 1.54) is 0 Å². The molecule has 0 saturated carbocycles. The number of aryl methyl sites for hydroxylation is 2. The molecule has 0 radical (unpaired) electrons. The van der Waals surface area contributed by atoms with Gasteiger partial charge in [-0.2, -0.15) is 0 Å². The van der Waals surface area contributed by atoms with Crippen LogP contribution in [0.4, 0.5) is 0 Å². The average molecular weight is 346 g/mol. The zero-order valence-electron chi connectivity index (χ0n) is 11.9. The molecule has 1 N–H and O–H groups in total. The number of rotatable bonds is 4. The Balaban J connectivity index is 2.46. The number of nitrogens with zero attached hydrogens (tertiary/aromatic N) is 1. The monoisotopic (exact) mass is 344 g/mol. The third-order valence-electron chi connectivity index (χ3n) is 2.97. The van der Waals surface area contributed by atoms with Gasteiger partial charge in [0.05, 0.1) is 15.1 Å². The summed E-state index contributed by atoms with van der Waals surface area (Å²) in [7, 11) is 1.87. The van der Waals surface area contributed by atoms with E-state index in [1.807, 2.05) is 27.0 Å². The summed E-state index contributed by atoms with van der Waals surface area (Å²) in [5, 5.41) is 4.27. The first kappa shape index (κ1) is 16.4. The van der Waals surface area contributed by atoms with Crippen molar-refractivity contribution in [3.8, 4) is 11.6 Å². The summed E-state index contributed by atoms with van der Waals surface area (Å²) in [6, 6.07) is 5.16. The normalized spacial score (nSPS) is 10.8. The third-order valence-corrected chi connectivity index (χ3v) is 3.99. The van der Waals surface area contributed by atoms with Crippen molar-refractivity contribution in [3.63, 3.8) is 0 Å². The number of aromatic nitrogens is 1. The lowest BCUT2D eigenvalue weighted by atomic mass is 10.1. The van der Waals surface area contributed by atoms with E-state index in [0.717, 1.165) is 16.8 Å². The highest BCUT2D eigenvalue weighted by Gasteiger charge is 2.14. The molecule has 2 aromatic rings. The highest BCUT2D eigenvalue weighted by Crippen LogP contribution is 2.37. The summed E-state index contributed by atoms with van der Waals surface area (Å²) in [5.41, 5.74) is 2.95. The molecule has 0 aliphatic heterocycles. The van der Waals surface area contributed by atoms with Crippen molar-refractivity contribution >= 4 is 34.8 Å². The third kappa shape index (κ3) is 3.80. The molecule has 1 aromatic carbocycles. The number of hydrogen-bond donors (Lipinski definition) is 1. The molecule has 0 amide bonds. The highest BCUT2D eigenvalue weighted by atomic mass is 35.5. The van der Waals surface area contributed by atoms with Crippen molar-refractivity contribution < 1.29 is 4.74 Å². The van der Waals surface area contributed by atoms with Gasteiger partial charge in [-0.3, -0.25) is 0 Å². The van der Waals surface area contributed by atoms with Gasteiger partial charge in [0.1, 0.15) is 5.75 Å². The van der Waals surface area contributed by atoms with Gasteiger partial charge in [0, 0.05) is 23.9 Å². The molecular weight excluding hydrogens is 331 g/mol. The van der Waals surface area contributed by atoms with E-state index in [2.05, 4.69) is 10.3 Å². The number of halogens is 3. The second kappa shape index (κ2) is 6.84. The van der Waals surface area contributed by atoms with Crippen LogP contribution in [0.2, 0.25) is 15.1 Å². The van der Waals surface area contributed by atoms with Gasteiger partial charge in [0.25, 0.3) is 0 Å². The molecule has 0 aliphatic rings. The minimum absolute atomic E-state index is 0.385. The van der Waals surface area contributed by atoms with Gasteiger partial charge >= 0.3 is 0 Å². The molecule has 0 spiro atoms. The predicted molar refractivity (Wildman–Crippen MR) is 88.0 cm³/mol. The quantitative estimate of drug-likeness (QED) is 0.776. The van der Waals surface area contributed by atoms with E-state index < -0.39 is 0 Å². The lowest BCUT2D eigenvalue weighted by Gasteiger charge is -2.14. The van der Waals surface area contributed by atoms with Crippen LogP contribution in [0.25, 0.3) is 0 Å². The average Bonchev–Trinajstić information content (AvgIpc) is 2.40. The van der Waals surface area contributed by atoms with Crippen LogP contribution < -0.4 is 10.1 Å². The molecule has 112 valence electrons. The molecule has 0 unspecified atom stereocenters. The van der Waals surface area contributed by atoms with E-state index in [4.69, 9.17) is 39.5 Å². The Hall–Kier alpha value is -1.000. The van der Waals surface area contributed by atoms with Crippen LogP contribution in [0.5, 0.6) is 11.6 Å². The fraction of sp³-hybridized carbons (Fsp3) is 0.267. The number of ether oxygens (including phenoxy) is 1. The Morgan fingerprint density at radius 3 is 2.38 bits per heavy atom. The maximum absolute atomic E-state index is 6.15. The summed E-state index contributed by atoms with van der Waals surface area (Å²) in [6.07, 6.45) is 0. The predicted octanol–water partition coefficient (Wildman–Crippen LogP) is 5.17. The first-order chi connectivity index (χ1) is 9.92.